The van der Waals surface area contributed by atoms with E-state index in [0.29, 0.717) is 17.1 Å². The fraction of sp³-hybridized carbons (Fsp3) is 0.345. The Morgan fingerprint density at radius 1 is 0.872 bits per heavy atom. The second-order valence-electron chi connectivity index (χ2n) is 9.76. The van der Waals surface area contributed by atoms with E-state index in [4.69, 9.17) is 9.47 Å². The van der Waals surface area contributed by atoms with Crippen LogP contribution in [-0.2, 0) is 14.8 Å². The van der Waals surface area contributed by atoms with Gasteiger partial charge in [0, 0.05) is 43.6 Å². The highest BCUT2D eigenvalue weighted by atomic mass is 32.2. The number of amides is 1. The first-order valence-electron chi connectivity index (χ1n) is 12.8. The number of ether oxygens (including phenoxy) is 2. The molecule has 1 saturated heterocycles. The molecule has 0 unspecified atom stereocenters. The van der Waals surface area contributed by atoms with Crippen LogP contribution in [-0.4, -0.2) is 73.2 Å². The number of anilines is 3. The van der Waals surface area contributed by atoms with Crippen LogP contribution in [0.3, 0.4) is 0 Å². The van der Waals surface area contributed by atoms with Crippen LogP contribution in [0.4, 0.5) is 17.1 Å². The van der Waals surface area contributed by atoms with E-state index in [9.17, 15) is 13.2 Å². The number of hydrogen-bond acceptors (Lipinski definition) is 7. The molecule has 1 amide bonds. The van der Waals surface area contributed by atoms with Crippen molar-refractivity contribution in [1.82, 2.24) is 4.90 Å². The molecule has 10 heteroatoms. The zero-order chi connectivity index (χ0) is 28.2. The highest BCUT2D eigenvalue weighted by Gasteiger charge is 2.29. The van der Waals surface area contributed by atoms with Crippen molar-refractivity contribution in [2.45, 2.75) is 18.7 Å². The number of aryl methyl sites for hydroxylation is 2. The summed E-state index contributed by atoms with van der Waals surface area (Å²) in [4.78, 5) is 17.8. The molecular weight excluding hydrogens is 516 g/mol. The molecule has 9 nitrogen and oxygen atoms in total. The van der Waals surface area contributed by atoms with Crippen LogP contribution in [0, 0.1) is 13.8 Å². The minimum absolute atomic E-state index is 0.0105. The predicted octanol–water partition coefficient (Wildman–Crippen LogP) is 3.91. The van der Waals surface area contributed by atoms with Gasteiger partial charge in [-0.25, -0.2) is 8.42 Å². The lowest BCUT2D eigenvalue weighted by Gasteiger charge is -2.34. The third-order valence-electron chi connectivity index (χ3n) is 6.74. The first-order chi connectivity index (χ1) is 18.6. The van der Waals surface area contributed by atoms with Crippen molar-refractivity contribution in [3.63, 3.8) is 0 Å². The average Bonchev–Trinajstić information content (AvgIpc) is 2.91. The van der Waals surface area contributed by atoms with E-state index in [2.05, 4.69) is 22.2 Å². The van der Waals surface area contributed by atoms with Gasteiger partial charge in [0.1, 0.15) is 6.54 Å². The minimum atomic E-state index is -4.13. The van der Waals surface area contributed by atoms with Crippen LogP contribution in [0.25, 0.3) is 0 Å². The Kier molecular flexibility index (Phi) is 8.66. The summed E-state index contributed by atoms with van der Waals surface area (Å²) in [5.41, 5.74) is 3.87. The van der Waals surface area contributed by atoms with E-state index < -0.39 is 22.5 Å². The molecule has 0 radical (unpaired) electrons. The maximum absolute atomic E-state index is 13.9. The van der Waals surface area contributed by atoms with Crippen LogP contribution >= 0.6 is 0 Å². The number of hydrogen-bond donors (Lipinski definition) is 1. The zero-order valence-corrected chi connectivity index (χ0v) is 23.9. The molecule has 1 N–H and O–H groups in total. The number of rotatable bonds is 9. The van der Waals surface area contributed by atoms with Crippen LogP contribution in [0.2, 0.25) is 0 Å². The third kappa shape index (κ3) is 6.63. The topological polar surface area (TPSA) is 91.4 Å². The maximum atomic E-state index is 13.9. The molecule has 1 aliphatic heterocycles. The summed E-state index contributed by atoms with van der Waals surface area (Å²) in [5.74, 6) is 0.238. The van der Waals surface area contributed by atoms with Gasteiger partial charge in [0.25, 0.3) is 10.0 Å². The van der Waals surface area contributed by atoms with Crippen molar-refractivity contribution in [2.75, 3.05) is 68.5 Å². The van der Waals surface area contributed by atoms with E-state index in [1.807, 2.05) is 44.2 Å². The number of methoxy groups -OCH3 is 2. The molecule has 4 rings (SSSR count). The van der Waals surface area contributed by atoms with E-state index in [-0.39, 0.29) is 10.6 Å². The quantitative estimate of drug-likeness (QED) is 0.431. The van der Waals surface area contributed by atoms with Gasteiger partial charge in [0.2, 0.25) is 5.91 Å². The fourth-order valence-corrected chi connectivity index (χ4v) is 6.09. The van der Waals surface area contributed by atoms with E-state index in [0.717, 1.165) is 47.3 Å². The molecule has 3 aromatic carbocycles. The van der Waals surface area contributed by atoms with Gasteiger partial charge >= 0.3 is 0 Å². The molecule has 0 atom stereocenters. The average molecular weight is 553 g/mol. The van der Waals surface area contributed by atoms with Crippen LogP contribution < -0.4 is 24.0 Å². The Labute approximate surface area is 231 Å². The zero-order valence-electron chi connectivity index (χ0n) is 23.1. The molecule has 39 heavy (non-hydrogen) atoms. The lowest BCUT2D eigenvalue weighted by molar-refractivity contribution is -0.114. The summed E-state index contributed by atoms with van der Waals surface area (Å²) in [7, 11) is 0.907. The number of carbonyl (C=O) groups excluding carboxylic acids is 1. The largest absolute Gasteiger partial charge is 0.493 e. The first kappa shape index (κ1) is 28.3. The summed E-state index contributed by atoms with van der Waals surface area (Å²) >= 11 is 0. The van der Waals surface area contributed by atoms with Gasteiger partial charge in [-0.3, -0.25) is 9.10 Å². The number of piperazine rings is 1. The number of benzene rings is 3. The second-order valence-corrected chi connectivity index (χ2v) is 11.6. The summed E-state index contributed by atoms with van der Waals surface area (Å²) < 4.78 is 39.5. The molecule has 0 aliphatic carbocycles. The van der Waals surface area contributed by atoms with Crippen molar-refractivity contribution in [1.29, 1.82) is 0 Å². The monoisotopic (exact) mass is 552 g/mol. The van der Waals surface area contributed by atoms with Gasteiger partial charge in [-0.05, 0) is 80.6 Å². The Morgan fingerprint density at radius 2 is 1.49 bits per heavy atom. The van der Waals surface area contributed by atoms with Crippen molar-refractivity contribution in [3.8, 4) is 11.5 Å². The molecule has 1 fully saturated rings. The molecule has 0 spiro atoms. The molecule has 0 bridgehead atoms. The van der Waals surface area contributed by atoms with Crippen LogP contribution in [0.15, 0.2) is 65.6 Å². The number of sulfonamides is 1. The third-order valence-corrected chi connectivity index (χ3v) is 8.51. The molecule has 208 valence electrons. The Hall–Kier alpha value is -3.76. The standard InChI is InChI=1S/C29H36N4O5S/c1-21-16-22(2)18-25(17-21)33(39(35,36)26-10-11-27(37-4)28(19-26)38-5)20-29(34)30-23-6-8-24(9-7-23)32-14-12-31(3)13-15-32/h6-11,16-19H,12-15,20H2,1-5H3,(H,30,34). The van der Waals surface area contributed by atoms with E-state index >= 15 is 0 Å². The lowest BCUT2D eigenvalue weighted by Crippen LogP contribution is -2.44. The smallest absolute Gasteiger partial charge is 0.264 e. The normalized spacial score (nSPS) is 14.1. The summed E-state index contributed by atoms with van der Waals surface area (Å²) in [6.07, 6.45) is 0. The number of carbonyl (C=O) groups is 1. The lowest BCUT2D eigenvalue weighted by atomic mass is 10.1. The first-order valence-corrected chi connectivity index (χ1v) is 14.2. The van der Waals surface area contributed by atoms with E-state index in [1.165, 1.54) is 32.4 Å². The SMILES string of the molecule is COc1ccc(S(=O)(=O)N(CC(=O)Nc2ccc(N3CCN(C)CC3)cc2)c2cc(C)cc(C)c2)cc1OC. The number of nitrogens with zero attached hydrogens (tertiary/aromatic N) is 3. The highest BCUT2D eigenvalue weighted by molar-refractivity contribution is 7.92. The van der Waals surface area contributed by atoms with Gasteiger partial charge < -0.3 is 24.6 Å². The molecule has 0 aromatic heterocycles. The van der Waals surface area contributed by atoms with Gasteiger partial charge in [-0.2, -0.15) is 0 Å². The molecule has 3 aromatic rings. The summed E-state index contributed by atoms with van der Waals surface area (Å²) in [6.45, 7) is 7.27. The van der Waals surface area contributed by atoms with Gasteiger partial charge in [0.05, 0.1) is 24.8 Å². The predicted molar refractivity (Wildman–Crippen MR) is 155 cm³/mol. The molecule has 1 aliphatic rings. The minimum Gasteiger partial charge on any atom is -0.493 e. The van der Waals surface area contributed by atoms with Crippen molar-refractivity contribution < 1.29 is 22.7 Å². The van der Waals surface area contributed by atoms with Crippen molar-refractivity contribution in [3.05, 3.63) is 71.8 Å². The van der Waals surface area contributed by atoms with Crippen molar-refractivity contribution >= 4 is 33.0 Å². The number of likely N-dealkylation sites (N-methyl/N-ethyl adjacent to an activating group) is 1. The Bertz CT molecular complexity index is 1400. The van der Waals surface area contributed by atoms with Crippen LogP contribution in [0.5, 0.6) is 11.5 Å². The van der Waals surface area contributed by atoms with Gasteiger partial charge in [-0.1, -0.05) is 6.07 Å². The van der Waals surface area contributed by atoms with E-state index in [1.54, 1.807) is 12.1 Å². The molecule has 0 saturated carbocycles. The Balaban J connectivity index is 1.59. The molecule has 1 heterocycles. The molecular formula is C29H36N4O5S. The second kappa shape index (κ2) is 12.0. The van der Waals surface area contributed by atoms with Gasteiger partial charge in [-0.15, -0.1) is 0 Å². The highest BCUT2D eigenvalue weighted by Crippen LogP contribution is 2.33. The van der Waals surface area contributed by atoms with Gasteiger partial charge in [0.15, 0.2) is 11.5 Å². The Morgan fingerprint density at radius 3 is 2.08 bits per heavy atom. The van der Waals surface area contributed by atoms with Crippen LogP contribution in [0.1, 0.15) is 11.1 Å². The fourth-order valence-electron chi connectivity index (χ4n) is 4.67. The summed E-state index contributed by atoms with van der Waals surface area (Å²) in [5, 5.41) is 2.86. The van der Waals surface area contributed by atoms with Crippen molar-refractivity contribution in [2.24, 2.45) is 0 Å². The maximum Gasteiger partial charge on any atom is 0.264 e. The summed E-state index contributed by atoms with van der Waals surface area (Å²) in [6, 6.07) is 17.5. The number of nitrogens with one attached hydrogen (secondary N) is 1.